The number of halogens is 3. The Labute approximate surface area is 158 Å². The third-order valence-electron chi connectivity index (χ3n) is 3.34. The largest absolute Gasteiger partial charge is 0.573 e. The van der Waals surface area contributed by atoms with Crippen molar-refractivity contribution in [1.29, 1.82) is 0 Å². The molecular weight excluding hydrogens is 383 g/mol. The van der Waals surface area contributed by atoms with E-state index >= 15 is 0 Å². The Morgan fingerprint density at radius 1 is 0.964 bits per heavy atom. The minimum atomic E-state index is -4.83. The van der Waals surface area contributed by atoms with Crippen LogP contribution in [-0.2, 0) is 9.53 Å². The van der Waals surface area contributed by atoms with Gasteiger partial charge in [0.1, 0.15) is 17.2 Å². The van der Waals surface area contributed by atoms with Gasteiger partial charge in [-0.2, -0.15) is 0 Å². The minimum Gasteiger partial charge on any atom is -0.497 e. The fraction of sp³-hybridized carbons (Fsp3) is 0.222. The molecule has 2 rings (SSSR count). The van der Waals surface area contributed by atoms with Crippen LogP contribution in [0.2, 0.25) is 0 Å². The Hall–Kier alpha value is -3.43. The average molecular weight is 399 g/mol. The van der Waals surface area contributed by atoms with Crippen LogP contribution in [0, 0.1) is 0 Å². The first kappa shape index (κ1) is 20.9. The van der Waals surface area contributed by atoms with Crippen LogP contribution in [0.5, 0.6) is 17.2 Å². The number of nitrogens with one attached hydrogen (secondary N) is 1. The number of amides is 1. The Balaban J connectivity index is 1.93. The minimum absolute atomic E-state index is 0.0405. The molecule has 0 aliphatic heterocycles. The predicted octanol–water partition coefficient (Wildman–Crippen LogP) is 3.40. The molecule has 1 N–H and O–H groups in total. The molecular formula is C18H16F3NO6. The molecule has 0 unspecified atom stereocenters. The van der Waals surface area contributed by atoms with Crippen molar-refractivity contribution >= 4 is 17.6 Å². The van der Waals surface area contributed by atoms with E-state index in [2.05, 4.69) is 10.1 Å². The maximum absolute atomic E-state index is 12.1. The van der Waals surface area contributed by atoms with Crippen molar-refractivity contribution < 1.29 is 41.7 Å². The number of carbonyl (C=O) groups is 2. The highest BCUT2D eigenvalue weighted by Gasteiger charge is 2.31. The molecule has 0 radical (unpaired) electrons. The molecule has 10 heteroatoms. The molecule has 0 aliphatic rings. The van der Waals surface area contributed by atoms with E-state index < -0.39 is 30.6 Å². The second kappa shape index (κ2) is 8.98. The lowest BCUT2D eigenvalue weighted by atomic mass is 10.2. The van der Waals surface area contributed by atoms with Gasteiger partial charge < -0.3 is 24.3 Å². The molecule has 7 nitrogen and oxygen atoms in total. The molecule has 150 valence electrons. The van der Waals surface area contributed by atoms with Crippen LogP contribution in [-0.4, -0.2) is 39.1 Å². The van der Waals surface area contributed by atoms with Gasteiger partial charge in [0, 0.05) is 6.07 Å². The van der Waals surface area contributed by atoms with Crippen LogP contribution >= 0.6 is 0 Å². The van der Waals surface area contributed by atoms with E-state index in [4.69, 9.17) is 14.2 Å². The summed E-state index contributed by atoms with van der Waals surface area (Å²) < 4.78 is 55.1. The number of rotatable bonds is 7. The summed E-state index contributed by atoms with van der Waals surface area (Å²) in [6.45, 7) is -0.611. The fourth-order valence-electron chi connectivity index (χ4n) is 2.11. The molecule has 0 aliphatic carbocycles. The van der Waals surface area contributed by atoms with Crippen molar-refractivity contribution in [3.8, 4) is 17.2 Å². The van der Waals surface area contributed by atoms with Crippen molar-refractivity contribution in [3.05, 3.63) is 48.0 Å². The highest BCUT2D eigenvalue weighted by atomic mass is 19.4. The molecule has 0 heterocycles. The van der Waals surface area contributed by atoms with Gasteiger partial charge in [-0.1, -0.05) is 0 Å². The standard InChI is InChI=1S/C18H16F3NO6/c1-25-13-7-8-15(26-2)14(9-13)22-16(23)10-27-17(24)11-3-5-12(6-4-11)28-18(19,20)21/h3-9H,10H2,1-2H3,(H,22,23). The second-order valence-corrected chi connectivity index (χ2v) is 5.26. The number of carbonyl (C=O) groups excluding carboxylic acids is 2. The third-order valence-corrected chi connectivity index (χ3v) is 3.34. The molecule has 0 bridgehead atoms. The van der Waals surface area contributed by atoms with Crippen LogP contribution in [0.1, 0.15) is 10.4 Å². The van der Waals surface area contributed by atoms with E-state index in [0.717, 1.165) is 24.3 Å². The number of methoxy groups -OCH3 is 2. The van der Waals surface area contributed by atoms with Gasteiger partial charge in [-0.25, -0.2) is 4.79 Å². The molecule has 0 saturated carbocycles. The van der Waals surface area contributed by atoms with E-state index in [1.807, 2.05) is 0 Å². The maximum atomic E-state index is 12.1. The van der Waals surface area contributed by atoms with Gasteiger partial charge in [0.05, 0.1) is 25.5 Å². The van der Waals surface area contributed by atoms with Crippen molar-refractivity contribution in [1.82, 2.24) is 0 Å². The maximum Gasteiger partial charge on any atom is 0.573 e. The van der Waals surface area contributed by atoms with Crippen molar-refractivity contribution in [2.75, 3.05) is 26.1 Å². The van der Waals surface area contributed by atoms with Gasteiger partial charge >= 0.3 is 12.3 Å². The van der Waals surface area contributed by atoms with Crippen molar-refractivity contribution in [2.24, 2.45) is 0 Å². The average Bonchev–Trinajstić information content (AvgIpc) is 2.65. The summed E-state index contributed by atoms with van der Waals surface area (Å²) in [6, 6.07) is 8.86. The van der Waals surface area contributed by atoms with E-state index in [0.29, 0.717) is 17.2 Å². The molecule has 0 aromatic heterocycles. The van der Waals surface area contributed by atoms with Crippen LogP contribution in [0.3, 0.4) is 0 Å². The van der Waals surface area contributed by atoms with Crippen LogP contribution in [0.15, 0.2) is 42.5 Å². The second-order valence-electron chi connectivity index (χ2n) is 5.26. The molecule has 0 spiro atoms. The Bertz CT molecular complexity index is 836. The highest BCUT2D eigenvalue weighted by Crippen LogP contribution is 2.28. The molecule has 2 aromatic carbocycles. The first-order valence-corrected chi connectivity index (χ1v) is 7.76. The van der Waals surface area contributed by atoms with E-state index in [9.17, 15) is 22.8 Å². The zero-order chi connectivity index (χ0) is 20.7. The van der Waals surface area contributed by atoms with E-state index in [1.54, 1.807) is 12.1 Å². The van der Waals surface area contributed by atoms with Crippen LogP contribution in [0.25, 0.3) is 0 Å². The lowest BCUT2D eigenvalue weighted by molar-refractivity contribution is -0.274. The van der Waals surface area contributed by atoms with Gasteiger partial charge in [-0.15, -0.1) is 13.2 Å². The smallest absolute Gasteiger partial charge is 0.497 e. The van der Waals surface area contributed by atoms with Crippen molar-refractivity contribution in [3.63, 3.8) is 0 Å². The Kier molecular flexibility index (Phi) is 6.69. The monoisotopic (exact) mass is 399 g/mol. The number of hydrogen-bond donors (Lipinski definition) is 1. The van der Waals surface area contributed by atoms with Gasteiger partial charge in [-0.05, 0) is 36.4 Å². The summed E-state index contributed by atoms with van der Waals surface area (Å²) in [6.07, 6.45) is -4.83. The van der Waals surface area contributed by atoms with Crippen LogP contribution < -0.4 is 19.5 Å². The van der Waals surface area contributed by atoms with Gasteiger partial charge in [0.15, 0.2) is 6.61 Å². The van der Waals surface area contributed by atoms with Crippen LogP contribution in [0.4, 0.5) is 18.9 Å². The lowest BCUT2D eigenvalue weighted by Crippen LogP contribution is -2.21. The number of anilines is 1. The first-order chi connectivity index (χ1) is 13.2. The number of alkyl halides is 3. The molecule has 0 atom stereocenters. The fourth-order valence-corrected chi connectivity index (χ4v) is 2.11. The Morgan fingerprint density at radius 3 is 2.18 bits per heavy atom. The molecule has 0 fully saturated rings. The highest BCUT2D eigenvalue weighted by molar-refractivity contribution is 5.96. The summed E-state index contributed by atoms with van der Waals surface area (Å²) in [7, 11) is 2.88. The first-order valence-electron chi connectivity index (χ1n) is 7.76. The zero-order valence-corrected chi connectivity index (χ0v) is 14.8. The molecule has 28 heavy (non-hydrogen) atoms. The Morgan fingerprint density at radius 2 is 1.61 bits per heavy atom. The quantitative estimate of drug-likeness (QED) is 0.719. The summed E-state index contributed by atoms with van der Waals surface area (Å²) in [4.78, 5) is 23.9. The summed E-state index contributed by atoms with van der Waals surface area (Å²) in [5.41, 5.74) is 0.276. The van der Waals surface area contributed by atoms with Gasteiger partial charge in [-0.3, -0.25) is 4.79 Å². The predicted molar refractivity (Wildman–Crippen MR) is 91.6 cm³/mol. The van der Waals surface area contributed by atoms with E-state index in [1.165, 1.54) is 20.3 Å². The number of hydrogen-bond acceptors (Lipinski definition) is 6. The summed E-state index contributed by atoms with van der Waals surface area (Å²) in [5.74, 6) is -1.15. The normalized spacial score (nSPS) is 10.8. The van der Waals surface area contributed by atoms with E-state index in [-0.39, 0.29) is 5.56 Å². The van der Waals surface area contributed by atoms with Crippen molar-refractivity contribution in [2.45, 2.75) is 6.36 Å². The zero-order valence-electron chi connectivity index (χ0n) is 14.8. The lowest BCUT2D eigenvalue weighted by Gasteiger charge is -2.12. The number of ether oxygens (including phenoxy) is 4. The molecule has 0 saturated heterocycles. The molecule has 2 aromatic rings. The number of esters is 1. The van der Waals surface area contributed by atoms with Gasteiger partial charge in [0.2, 0.25) is 0 Å². The topological polar surface area (TPSA) is 83.1 Å². The SMILES string of the molecule is COc1ccc(OC)c(NC(=O)COC(=O)c2ccc(OC(F)(F)F)cc2)c1. The third kappa shape index (κ3) is 6.08. The molecule has 1 amide bonds. The summed E-state index contributed by atoms with van der Waals surface area (Å²) in [5, 5.41) is 2.51. The summed E-state index contributed by atoms with van der Waals surface area (Å²) >= 11 is 0. The van der Waals surface area contributed by atoms with Gasteiger partial charge in [0.25, 0.3) is 5.91 Å². The number of benzene rings is 2.